The molecule has 2 N–H and O–H groups in total. The van der Waals surface area contributed by atoms with Crippen LogP contribution in [0, 0.1) is 0 Å². The Bertz CT molecular complexity index is 946. The van der Waals surface area contributed by atoms with Crippen LogP contribution in [0.3, 0.4) is 0 Å². The monoisotopic (exact) mass is 416 g/mol. The number of rotatable bonds is 11. The molecule has 0 fully saturated rings. The van der Waals surface area contributed by atoms with Crippen LogP contribution in [0.5, 0.6) is 0 Å². The number of aliphatic hydroxyl groups excluding tert-OH is 1. The standard InChI is InChI=1S/C26H28N2O3/c29-20-24(16-26(31)27-17-21-10-4-1-5-11-21)28(18-22-12-6-2-7-13-22)19-25(30)23-14-8-3-9-15-23/h1-15,24,29H,16-20H2,(H,27,31). The molecule has 5 nitrogen and oxygen atoms in total. The van der Waals surface area contributed by atoms with Crippen LogP contribution in [0.4, 0.5) is 0 Å². The van der Waals surface area contributed by atoms with Crippen molar-refractivity contribution in [2.75, 3.05) is 13.2 Å². The molecule has 0 heterocycles. The minimum atomic E-state index is -0.469. The number of nitrogens with zero attached hydrogens (tertiary/aromatic N) is 1. The van der Waals surface area contributed by atoms with Gasteiger partial charge in [-0.2, -0.15) is 0 Å². The summed E-state index contributed by atoms with van der Waals surface area (Å²) >= 11 is 0. The van der Waals surface area contributed by atoms with E-state index < -0.39 is 6.04 Å². The van der Waals surface area contributed by atoms with E-state index in [0.29, 0.717) is 18.7 Å². The lowest BCUT2D eigenvalue weighted by Gasteiger charge is -2.30. The van der Waals surface area contributed by atoms with Crippen LogP contribution in [0.1, 0.15) is 27.9 Å². The van der Waals surface area contributed by atoms with Crippen LogP contribution >= 0.6 is 0 Å². The van der Waals surface area contributed by atoms with Crippen molar-refractivity contribution >= 4 is 11.7 Å². The lowest BCUT2D eigenvalue weighted by atomic mass is 10.1. The van der Waals surface area contributed by atoms with Gasteiger partial charge in [-0.25, -0.2) is 0 Å². The topological polar surface area (TPSA) is 69.6 Å². The molecule has 0 saturated carbocycles. The summed E-state index contributed by atoms with van der Waals surface area (Å²) in [6.07, 6.45) is 0.109. The molecule has 3 aromatic rings. The Morgan fingerprint density at radius 2 is 1.35 bits per heavy atom. The van der Waals surface area contributed by atoms with Gasteiger partial charge in [-0.15, -0.1) is 0 Å². The maximum atomic E-state index is 12.8. The van der Waals surface area contributed by atoms with E-state index in [2.05, 4.69) is 5.32 Å². The lowest BCUT2D eigenvalue weighted by Crippen LogP contribution is -2.43. The Hall–Kier alpha value is -3.28. The highest BCUT2D eigenvalue weighted by Crippen LogP contribution is 2.13. The molecule has 3 rings (SSSR count). The molecule has 0 saturated heterocycles. The molecule has 0 radical (unpaired) electrons. The Morgan fingerprint density at radius 3 is 1.94 bits per heavy atom. The van der Waals surface area contributed by atoms with Gasteiger partial charge in [0.1, 0.15) is 0 Å². The van der Waals surface area contributed by atoms with Gasteiger partial charge in [-0.1, -0.05) is 91.0 Å². The molecule has 0 aliphatic heterocycles. The van der Waals surface area contributed by atoms with E-state index in [0.717, 1.165) is 11.1 Å². The number of amides is 1. The van der Waals surface area contributed by atoms with Crippen LogP contribution in [0.25, 0.3) is 0 Å². The van der Waals surface area contributed by atoms with E-state index >= 15 is 0 Å². The van der Waals surface area contributed by atoms with Crippen molar-refractivity contribution in [2.45, 2.75) is 25.6 Å². The first kappa shape index (κ1) is 22.4. The summed E-state index contributed by atoms with van der Waals surface area (Å²) in [5.74, 6) is -0.201. The van der Waals surface area contributed by atoms with E-state index in [1.54, 1.807) is 12.1 Å². The number of hydrogen-bond acceptors (Lipinski definition) is 4. The number of ketones is 1. The first-order chi connectivity index (χ1) is 15.2. The molecular weight excluding hydrogens is 388 g/mol. The van der Waals surface area contributed by atoms with Crippen molar-refractivity contribution in [3.63, 3.8) is 0 Å². The molecule has 0 aliphatic carbocycles. The fourth-order valence-corrected chi connectivity index (χ4v) is 3.42. The third-order valence-electron chi connectivity index (χ3n) is 5.15. The molecule has 5 heteroatoms. The van der Waals surface area contributed by atoms with Crippen LogP contribution in [-0.2, 0) is 17.9 Å². The SMILES string of the molecule is O=C(CC(CO)N(CC(=O)c1ccccc1)Cc1ccccc1)NCc1ccccc1. The van der Waals surface area contributed by atoms with Gasteiger partial charge in [-0.3, -0.25) is 14.5 Å². The number of carbonyl (C=O) groups excluding carboxylic acids is 2. The van der Waals surface area contributed by atoms with Crippen LogP contribution in [0.2, 0.25) is 0 Å². The number of benzene rings is 3. The van der Waals surface area contributed by atoms with Gasteiger partial charge in [0.25, 0.3) is 0 Å². The fraction of sp³-hybridized carbons (Fsp3) is 0.231. The van der Waals surface area contributed by atoms with Crippen LogP contribution in [-0.4, -0.2) is 40.9 Å². The van der Waals surface area contributed by atoms with Gasteiger partial charge in [0.15, 0.2) is 5.78 Å². The summed E-state index contributed by atoms with van der Waals surface area (Å²) in [6, 6.07) is 28.1. The van der Waals surface area contributed by atoms with Crippen molar-refractivity contribution in [1.29, 1.82) is 0 Å². The number of carbonyl (C=O) groups is 2. The minimum absolute atomic E-state index is 0.0420. The molecule has 31 heavy (non-hydrogen) atoms. The molecule has 0 aliphatic rings. The zero-order valence-electron chi connectivity index (χ0n) is 17.5. The molecule has 1 unspecified atom stereocenters. The molecule has 0 aromatic heterocycles. The third kappa shape index (κ3) is 7.17. The molecule has 160 valence electrons. The number of hydrogen-bond donors (Lipinski definition) is 2. The summed E-state index contributed by atoms with van der Waals surface area (Å²) < 4.78 is 0. The maximum Gasteiger partial charge on any atom is 0.221 e. The quantitative estimate of drug-likeness (QED) is 0.470. The highest BCUT2D eigenvalue weighted by molar-refractivity contribution is 5.97. The van der Waals surface area contributed by atoms with Gasteiger partial charge in [-0.05, 0) is 11.1 Å². The first-order valence-electron chi connectivity index (χ1n) is 10.4. The summed E-state index contributed by atoms with van der Waals surface area (Å²) in [5, 5.41) is 13.0. The van der Waals surface area contributed by atoms with Gasteiger partial charge >= 0.3 is 0 Å². The van der Waals surface area contributed by atoms with Crippen molar-refractivity contribution in [3.05, 3.63) is 108 Å². The second-order valence-corrected chi connectivity index (χ2v) is 7.48. The van der Waals surface area contributed by atoms with E-state index in [1.165, 1.54) is 0 Å². The summed E-state index contributed by atoms with van der Waals surface area (Å²) in [4.78, 5) is 27.3. The number of aliphatic hydroxyl groups is 1. The Labute approximate surface area is 183 Å². The molecule has 0 bridgehead atoms. The van der Waals surface area contributed by atoms with E-state index in [1.807, 2.05) is 83.8 Å². The average molecular weight is 417 g/mol. The highest BCUT2D eigenvalue weighted by Gasteiger charge is 2.24. The zero-order chi connectivity index (χ0) is 21.9. The second-order valence-electron chi connectivity index (χ2n) is 7.48. The summed E-state index contributed by atoms with van der Waals surface area (Å²) in [7, 11) is 0. The van der Waals surface area contributed by atoms with E-state index in [4.69, 9.17) is 0 Å². The summed E-state index contributed by atoms with van der Waals surface area (Å²) in [5.41, 5.74) is 2.65. The van der Waals surface area contributed by atoms with Crippen molar-refractivity contribution in [2.24, 2.45) is 0 Å². The molecule has 1 amide bonds. The lowest BCUT2D eigenvalue weighted by molar-refractivity contribution is -0.123. The molecular formula is C26H28N2O3. The fourth-order valence-electron chi connectivity index (χ4n) is 3.42. The second kappa shape index (κ2) is 11.8. The Balaban J connectivity index is 1.68. The van der Waals surface area contributed by atoms with Gasteiger partial charge < -0.3 is 10.4 Å². The van der Waals surface area contributed by atoms with Gasteiger partial charge in [0.05, 0.1) is 13.2 Å². The molecule has 0 spiro atoms. The van der Waals surface area contributed by atoms with E-state index in [9.17, 15) is 14.7 Å². The zero-order valence-corrected chi connectivity index (χ0v) is 17.5. The first-order valence-corrected chi connectivity index (χ1v) is 10.4. The number of Topliss-reactive ketones (excluding diaryl/α,β-unsaturated/α-hetero) is 1. The summed E-state index contributed by atoms with van der Waals surface area (Å²) in [6.45, 7) is 0.805. The number of nitrogens with one attached hydrogen (secondary N) is 1. The van der Waals surface area contributed by atoms with Crippen molar-refractivity contribution < 1.29 is 14.7 Å². The average Bonchev–Trinajstić information content (AvgIpc) is 2.82. The van der Waals surface area contributed by atoms with Gasteiger partial charge in [0, 0.05) is 31.1 Å². The smallest absolute Gasteiger partial charge is 0.221 e. The molecule has 1 atom stereocenters. The van der Waals surface area contributed by atoms with Gasteiger partial charge in [0.2, 0.25) is 5.91 Å². The van der Waals surface area contributed by atoms with E-state index in [-0.39, 0.29) is 31.3 Å². The Kier molecular flexibility index (Phi) is 8.52. The van der Waals surface area contributed by atoms with Crippen LogP contribution < -0.4 is 5.32 Å². The molecule has 3 aromatic carbocycles. The van der Waals surface area contributed by atoms with Crippen LogP contribution in [0.15, 0.2) is 91.0 Å². The minimum Gasteiger partial charge on any atom is -0.395 e. The largest absolute Gasteiger partial charge is 0.395 e. The third-order valence-corrected chi connectivity index (χ3v) is 5.15. The normalized spacial score (nSPS) is 11.8. The van der Waals surface area contributed by atoms with Crippen molar-refractivity contribution in [1.82, 2.24) is 10.2 Å². The Morgan fingerprint density at radius 1 is 0.806 bits per heavy atom. The predicted molar refractivity (Wildman–Crippen MR) is 121 cm³/mol. The van der Waals surface area contributed by atoms with Crippen molar-refractivity contribution in [3.8, 4) is 0 Å². The highest BCUT2D eigenvalue weighted by atomic mass is 16.3. The predicted octanol–water partition coefficient (Wildman–Crippen LogP) is 3.44. The maximum absolute atomic E-state index is 12.8.